The van der Waals surface area contributed by atoms with E-state index in [1.165, 1.54) is 13.8 Å². The molecule has 1 rings (SSSR count). The Balaban J connectivity index is 2.22. The molecule has 0 aromatic heterocycles. The van der Waals surface area contributed by atoms with Gasteiger partial charge in [-0.15, -0.1) is 0 Å². The van der Waals surface area contributed by atoms with E-state index in [1.54, 1.807) is 0 Å². The molecule has 4 heteroatoms. The lowest BCUT2D eigenvalue weighted by Gasteiger charge is -2.24. The minimum Gasteiger partial charge on any atom is -0.381 e. The zero-order chi connectivity index (χ0) is 10.6. The van der Waals surface area contributed by atoms with Gasteiger partial charge in [-0.25, -0.2) is 0 Å². The summed E-state index contributed by atoms with van der Waals surface area (Å²) in [6.07, 6.45) is 2.21. The van der Waals surface area contributed by atoms with Crippen molar-refractivity contribution < 1.29 is 9.90 Å². The molecule has 1 fully saturated rings. The van der Waals surface area contributed by atoms with E-state index in [0.29, 0.717) is 12.5 Å². The molecule has 0 radical (unpaired) electrons. The standard InChI is InChI=1S/C10H20N2O2/c1-10(2,14)9(13)12-7-8-3-5-11-6-4-8/h8,11,14H,3-7H2,1-2H3,(H,12,13). The van der Waals surface area contributed by atoms with Crippen LogP contribution in [0.25, 0.3) is 0 Å². The molecule has 0 atom stereocenters. The van der Waals surface area contributed by atoms with Crippen molar-refractivity contribution in [1.82, 2.24) is 10.6 Å². The maximum Gasteiger partial charge on any atom is 0.251 e. The topological polar surface area (TPSA) is 61.4 Å². The Morgan fingerprint density at radius 1 is 1.50 bits per heavy atom. The third-order valence-electron chi connectivity index (χ3n) is 2.57. The summed E-state index contributed by atoms with van der Waals surface area (Å²) in [5.41, 5.74) is -1.26. The first kappa shape index (κ1) is 11.5. The normalized spacial score (nSPS) is 19.4. The fraction of sp³-hybridized carbons (Fsp3) is 0.900. The molecule has 0 aromatic carbocycles. The molecular formula is C10H20N2O2. The van der Waals surface area contributed by atoms with Crippen molar-refractivity contribution in [3.63, 3.8) is 0 Å². The van der Waals surface area contributed by atoms with E-state index in [1.807, 2.05) is 0 Å². The summed E-state index contributed by atoms with van der Waals surface area (Å²) < 4.78 is 0. The first-order valence-electron chi connectivity index (χ1n) is 5.21. The van der Waals surface area contributed by atoms with Gasteiger partial charge < -0.3 is 15.7 Å². The molecule has 1 saturated heterocycles. The summed E-state index contributed by atoms with van der Waals surface area (Å²) in [4.78, 5) is 11.3. The second-order valence-electron chi connectivity index (χ2n) is 4.46. The highest BCUT2D eigenvalue weighted by molar-refractivity contribution is 5.83. The van der Waals surface area contributed by atoms with Crippen LogP contribution in [-0.4, -0.2) is 36.2 Å². The lowest BCUT2D eigenvalue weighted by atomic mass is 9.98. The summed E-state index contributed by atoms with van der Waals surface area (Å²) in [6.45, 7) is 5.76. The van der Waals surface area contributed by atoms with Gasteiger partial charge >= 0.3 is 0 Å². The van der Waals surface area contributed by atoms with Crippen molar-refractivity contribution in [2.75, 3.05) is 19.6 Å². The van der Waals surface area contributed by atoms with Crippen molar-refractivity contribution >= 4 is 5.91 Å². The summed E-state index contributed by atoms with van der Waals surface area (Å²) in [6, 6.07) is 0. The molecule has 1 amide bonds. The number of piperidine rings is 1. The molecule has 82 valence electrons. The molecule has 14 heavy (non-hydrogen) atoms. The molecule has 1 aliphatic rings. The number of amides is 1. The van der Waals surface area contributed by atoms with Crippen LogP contribution in [-0.2, 0) is 4.79 Å². The quantitative estimate of drug-likeness (QED) is 0.595. The molecule has 1 heterocycles. The fourth-order valence-electron chi connectivity index (χ4n) is 1.54. The van der Waals surface area contributed by atoms with Crippen molar-refractivity contribution in [2.45, 2.75) is 32.3 Å². The first-order valence-corrected chi connectivity index (χ1v) is 5.21. The zero-order valence-electron chi connectivity index (χ0n) is 8.97. The van der Waals surface area contributed by atoms with Crippen LogP contribution in [0.3, 0.4) is 0 Å². The number of hydrogen-bond acceptors (Lipinski definition) is 3. The Morgan fingerprint density at radius 3 is 2.57 bits per heavy atom. The average Bonchev–Trinajstić information content (AvgIpc) is 2.14. The maximum absolute atomic E-state index is 11.3. The minimum absolute atomic E-state index is 0.281. The van der Waals surface area contributed by atoms with Crippen LogP contribution >= 0.6 is 0 Å². The predicted octanol–water partition coefficient (Wildman–Crippen LogP) is -0.127. The number of aliphatic hydroxyl groups is 1. The molecule has 0 bridgehead atoms. The van der Waals surface area contributed by atoms with Gasteiger partial charge in [0.05, 0.1) is 0 Å². The largest absolute Gasteiger partial charge is 0.381 e. The van der Waals surface area contributed by atoms with Crippen LogP contribution in [0, 0.1) is 5.92 Å². The SMILES string of the molecule is CC(C)(O)C(=O)NCC1CCNCC1. The molecule has 0 saturated carbocycles. The first-order chi connectivity index (χ1) is 6.50. The smallest absolute Gasteiger partial charge is 0.251 e. The fourth-order valence-corrected chi connectivity index (χ4v) is 1.54. The van der Waals surface area contributed by atoms with Crippen LogP contribution in [0.4, 0.5) is 0 Å². The van der Waals surface area contributed by atoms with Crippen molar-refractivity contribution in [1.29, 1.82) is 0 Å². The highest BCUT2D eigenvalue weighted by Crippen LogP contribution is 2.10. The Kier molecular flexibility index (Phi) is 3.89. The Hall–Kier alpha value is -0.610. The number of rotatable bonds is 3. The van der Waals surface area contributed by atoms with E-state index in [-0.39, 0.29) is 5.91 Å². The maximum atomic E-state index is 11.3. The molecule has 0 unspecified atom stereocenters. The van der Waals surface area contributed by atoms with E-state index in [2.05, 4.69) is 10.6 Å². The van der Waals surface area contributed by atoms with Gasteiger partial charge in [0.15, 0.2) is 0 Å². The van der Waals surface area contributed by atoms with Crippen LogP contribution in [0.1, 0.15) is 26.7 Å². The lowest BCUT2D eigenvalue weighted by molar-refractivity contribution is -0.136. The zero-order valence-corrected chi connectivity index (χ0v) is 8.97. The van der Waals surface area contributed by atoms with E-state index >= 15 is 0 Å². The number of nitrogens with one attached hydrogen (secondary N) is 2. The van der Waals surface area contributed by atoms with Crippen LogP contribution in [0.5, 0.6) is 0 Å². The summed E-state index contributed by atoms with van der Waals surface area (Å²) in [5, 5.41) is 15.4. The Morgan fingerprint density at radius 2 is 2.07 bits per heavy atom. The van der Waals surface area contributed by atoms with E-state index in [4.69, 9.17) is 0 Å². The van der Waals surface area contributed by atoms with Gasteiger partial charge in [0.1, 0.15) is 5.60 Å². The highest BCUT2D eigenvalue weighted by atomic mass is 16.3. The molecule has 0 aliphatic carbocycles. The van der Waals surface area contributed by atoms with Gasteiger partial charge in [-0.05, 0) is 45.7 Å². The molecule has 3 N–H and O–H groups in total. The molecule has 0 spiro atoms. The molecular weight excluding hydrogens is 180 g/mol. The lowest BCUT2D eigenvalue weighted by Crippen LogP contribution is -2.45. The monoisotopic (exact) mass is 200 g/mol. The van der Waals surface area contributed by atoms with Crippen molar-refractivity contribution in [3.05, 3.63) is 0 Å². The van der Waals surface area contributed by atoms with Crippen LogP contribution < -0.4 is 10.6 Å². The van der Waals surface area contributed by atoms with Crippen molar-refractivity contribution in [3.8, 4) is 0 Å². The number of carbonyl (C=O) groups excluding carboxylic acids is 1. The van der Waals surface area contributed by atoms with Gasteiger partial charge in [0, 0.05) is 6.54 Å². The third-order valence-corrected chi connectivity index (χ3v) is 2.57. The molecule has 4 nitrogen and oxygen atoms in total. The van der Waals surface area contributed by atoms with Crippen LogP contribution in [0.15, 0.2) is 0 Å². The van der Waals surface area contributed by atoms with E-state index in [0.717, 1.165) is 25.9 Å². The Labute approximate surface area is 85.1 Å². The predicted molar refractivity (Wildman–Crippen MR) is 54.9 cm³/mol. The average molecular weight is 200 g/mol. The van der Waals surface area contributed by atoms with Crippen LogP contribution in [0.2, 0.25) is 0 Å². The molecule has 1 aliphatic heterocycles. The van der Waals surface area contributed by atoms with E-state index in [9.17, 15) is 9.90 Å². The second kappa shape index (κ2) is 4.75. The van der Waals surface area contributed by atoms with Gasteiger partial charge in [-0.1, -0.05) is 0 Å². The summed E-state index contributed by atoms with van der Waals surface area (Å²) in [5.74, 6) is 0.276. The third kappa shape index (κ3) is 3.64. The number of carbonyl (C=O) groups is 1. The minimum atomic E-state index is -1.26. The summed E-state index contributed by atoms with van der Waals surface area (Å²) in [7, 11) is 0. The molecule has 0 aromatic rings. The van der Waals surface area contributed by atoms with Gasteiger partial charge in [0.2, 0.25) is 0 Å². The van der Waals surface area contributed by atoms with Crippen molar-refractivity contribution in [2.24, 2.45) is 5.92 Å². The number of hydrogen-bond donors (Lipinski definition) is 3. The second-order valence-corrected chi connectivity index (χ2v) is 4.46. The van der Waals surface area contributed by atoms with Gasteiger partial charge in [0.25, 0.3) is 5.91 Å². The highest BCUT2D eigenvalue weighted by Gasteiger charge is 2.24. The Bertz CT molecular complexity index is 193. The van der Waals surface area contributed by atoms with E-state index < -0.39 is 5.60 Å². The van der Waals surface area contributed by atoms with Gasteiger partial charge in [-0.2, -0.15) is 0 Å². The summed E-state index contributed by atoms with van der Waals surface area (Å²) >= 11 is 0. The van der Waals surface area contributed by atoms with Gasteiger partial charge in [-0.3, -0.25) is 4.79 Å².